The zero-order chi connectivity index (χ0) is 23.5. The molecule has 0 bridgehead atoms. The molecule has 7 heteroatoms. The van der Waals surface area contributed by atoms with Crippen LogP contribution in [0.25, 0.3) is 10.9 Å². The molecule has 34 heavy (non-hydrogen) atoms. The van der Waals surface area contributed by atoms with Crippen LogP contribution in [-0.4, -0.2) is 22.0 Å². The minimum atomic E-state index is -0.330. The first kappa shape index (κ1) is 21.8. The number of para-hydroxylation sites is 1. The Kier molecular flexibility index (Phi) is 6.06. The summed E-state index contributed by atoms with van der Waals surface area (Å²) in [5.74, 6) is 0.225. The van der Waals surface area contributed by atoms with Gasteiger partial charge in [0.25, 0.3) is 11.5 Å². The lowest BCUT2D eigenvalue weighted by Gasteiger charge is -2.19. The number of halogens is 1. The van der Waals surface area contributed by atoms with Crippen molar-refractivity contribution in [1.82, 2.24) is 14.9 Å². The summed E-state index contributed by atoms with van der Waals surface area (Å²) in [5, 5.41) is 4.71. The van der Waals surface area contributed by atoms with E-state index in [1.165, 1.54) is 10.6 Å². The number of aromatic nitrogens is 2. The summed E-state index contributed by atoms with van der Waals surface area (Å²) in [4.78, 5) is 28.2. The first-order valence-electron chi connectivity index (χ1n) is 10.9. The molecule has 1 amide bonds. The first-order valence-corrected chi connectivity index (χ1v) is 11.3. The second-order valence-corrected chi connectivity index (χ2v) is 8.41. The van der Waals surface area contributed by atoms with Crippen LogP contribution in [0.5, 0.6) is 0 Å². The summed E-state index contributed by atoms with van der Waals surface area (Å²) in [6, 6.07) is 24.0. The first-order chi connectivity index (χ1) is 16.6. The molecule has 1 atom stereocenters. The van der Waals surface area contributed by atoms with E-state index in [0.717, 1.165) is 22.0 Å². The molecule has 3 aromatic heterocycles. The predicted octanol–water partition coefficient (Wildman–Crippen LogP) is 5.19. The van der Waals surface area contributed by atoms with Gasteiger partial charge in [0, 0.05) is 46.8 Å². The maximum absolute atomic E-state index is 12.9. The van der Waals surface area contributed by atoms with E-state index in [1.807, 2.05) is 48.7 Å². The maximum atomic E-state index is 12.9. The molecule has 5 rings (SSSR count). The number of amides is 1. The van der Waals surface area contributed by atoms with Gasteiger partial charge in [-0.15, -0.1) is 0 Å². The molecule has 0 saturated heterocycles. The minimum Gasteiger partial charge on any atom is -0.454 e. The molecular formula is C27H22ClN3O3. The Hall–Kier alpha value is -4.03. The van der Waals surface area contributed by atoms with Gasteiger partial charge in [0.2, 0.25) is 0 Å². The molecule has 2 N–H and O–H groups in total. The minimum absolute atomic E-state index is 0.133. The number of rotatable bonds is 7. The highest BCUT2D eigenvalue weighted by Gasteiger charge is 2.22. The van der Waals surface area contributed by atoms with Crippen LogP contribution in [0.3, 0.4) is 0 Å². The van der Waals surface area contributed by atoms with Crippen LogP contribution in [0.4, 0.5) is 0 Å². The normalized spacial score (nSPS) is 12.0. The van der Waals surface area contributed by atoms with Gasteiger partial charge in [-0.3, -0.25) is 9.59 Å². The lowest BCUT2D eigenvalue weighted by molar-refractivity contribution is 0.0922. The number of carbonyl (C=O) groups is 1. The van der Waals surface area contributed by atoms with Crippen molar-refractivity contribution in [2.75, 3.05) is 6.54 Å². The Morgan fingerprint density at radius 3 is 2.62 bits per heavy atom. The SMILES string of the molecule is O=C(NCC(c1ccccc1Cl)c1c[nH]c2ccccc12)c1ccc(Cn2ccccc2=O)o1. The lowest BCUT2D eigenvalue weighted by Crippen LogP contribution is -2.28. The molecule has 2 aromatic carbocycles. The van der Waals surface area contributed by atoms with Gasteiger partial charge in [-0.25, -0.2) is 0 Å². The van der Waals surface area contributed by atoms with Gasteiger partial charge in [0.15, 0.2) is 5.76 Å². The Balaban J connectivity index is 1.37. The van der Waals surface area contributed by atoms with E-state index in [2.05, 4.69) is 16.4 Å². The molecule has 0 spiro atoms. The average molecular weight is 472 g/mol. The van der Waals surface area contributed by atoms with Gasteiger partial charge in [-0.05, 0) is 41.5 Å². The fourth-order valence-corrected chi connectivity index (χ4v) is 4.42. The van der Waals surface area contributed by atoms with Gasteiger partial charge < -0.3 is 19.3 Å². The molecule has 170 valence electrons. The molecule has 6 nitrogen and oxygen atoms in total. The topological polar surface area (TPSA) is 80.0 Å². The number of pyridine rings is 1. The largest absolute Gasteiger partial charge is 0.454 e. The summed E-state index contributed by atoms with van der Waals surface area (Å²) in [5.41, 5.74) is 2.87. The number of nitrogens with one attached hydrogen (secondary N) is 2. The van der Waals surface area contributed by atoms with Gasteiger partial charge in [0.05, 0.1) is 6.54 Å². The highest BCUT2D eigenvalue weighted by Crippen LogP contribution is 2.34. The number of nitrogens with zero attached hydrogens (tertiary/aromatic N) is 1. The number of hydrogen-bond acceptors (Lipinski definition) is 3. The fraction of sp³-hybridized carbons (Fsp3) is 0.111. The van der Waals surface area contributed by atoms with Gasteiger partial charge in [-0.1, -0.05) is 54.1 Å². The predicted molar refractivity (Wildman–Crippen MR) is 132 cm³/mol. The number of fused-ring (bicyclic) bond motifs is 1. The highest BCUT2D eigenvalue weighted by atomic mass is 35.5. The molecule has 0 aliphatic carbocycles. The molecule has 3 heterocycles. The third-order valence-electron chi connectivity index (χ3n) is 5.85. The van der Waals surface area contributed by atoms with Crippen molar-refractivity contribution >= 4 is 28.4 Å². The second kappa shape index (κ2) is 9.45. The highest BCUT2D eigenvalue weighted by molar-refractivity contribution is 6.31. The molecular weight excluding hydrogens is 450 g/mol. The number of furan rings is 1. The molecule has 1 unspecified atom stereocenters. The molecule has 0 radical (unpaired) electrons. The summed E-state index contributed by atoms with van der Waals surface area (Å²) in [7, 11) is 0. The summed E-state index contributed by atoms with van der Waals surface area (Å²) < 4.78 is 7.24. The molecule has 0 aliphatic rings. The monoisotopic (exact) mass is 471 g/mol. The van der Waals surface area contributed by atoms with Crippen molar-refractivity contribution in [1.29, 1.82) is 0 Å². The third kappa shape index (κ3) is 4.40. The van der Waals surface area contributed by atoms with Crippen molar-refractivity contribution in [3.05, 3.63) is 129 Å². The molecule has 0 aliphatic heterocycles. The van der Waals surface area contributed by atoms with Crippen LogP contribution in [0.1, 0.15) is 33.4 Å². The van der Waals surface area contributed by atoms with Gasteiger partial charge >= 0.3 is 0 Å². The zero-order valence-corrected chi connectivity index (χ0v) is 19.0. The maximum Gasteiger partial charge on any atom is 0.287 e. The average Bonchev–Trinajstić information content (AvgIpc) is 3.49. The van der Waals surface area contributed by atoms with Crippen LogP contribution in [0.15, 0.2) is 100 Å². The van der Waals surface area contributed by atoms with E-state index in [4.69, 9.17) is 16.0 Å². The van der Waals surface area contributed by atoms with E-state index in [1.54, 1.807) is 30.5 Å². The van der Waals surface area contributed by atoms with Gasteiger partial charge in [-0.2, -0.15) is 0 Å². The summed E-state index contributed by atoms with van der Waals surface area (Å²) >= 11 is 6.54. The van der Waals surface area contributed by atoms with E-state index in [9.17, 15) is 9.59 Å². The van der Waals surface area contributed by atoms with Crippen LogP contribution in [0.2, 0.25) is 5.02 Å². The van der Waals surface area contributed by atoms with Gasteiger partial charge in [0.1, 0.15) is 5.76 Å². The number of aromatic amines is 1. The van der Waals surface area contributed by atoms with Crippen molar-refractivity contribution in [3.8, 4) is 0 Å². The van der Waals surface area contributed by atoms with E-state index in [-0.39, 0.29) is 29.7 Å². The number of benzene rings is 2. The van der Waals surface area contributed by atoms with Crippen LogP contribution in [-0.2, 0) is 6.54 Å². The number of H-pyrrole nitrogens is 1. The third-order valence-corrected chi connectivity index (χ3v) is 6.20. The Morgan fingerprint density at radius 1 is 0.971 bits per heavy atom. The van der Waals surface area contributed by atoms with Crippen molar-refractivity contribution in [3.63, 3.8) is 0 Å². The van der Waals surface area contributed by atoms with Crippen LogP contribution in [0, 0.1) is 0 Å². The lowest BCUT2D eigenvalue weighted by atomic mass is 9.90. The second-order valence-electron chi connectivity index (χ2n) is 8.01. The molecule has 5 aromatic rings. The quantitative estimate of drug-likeness (QED) is 0.343. The van der Waals surface area contributed by atoms with E-state index in [0.29, 0.717) is 17.3 Å². The Morgan fingerprint density at radius 2 is 1.76 bits per heavy atom. The van der Waals surface area contributed by atoms with Crippen molar-refractivity contribution in [2.24, 2.45) is 0 Å². The zero-order valence-electron chi connectivity index (χ0n) is 18.2. The summed E-state index contributed by atoms with van der Waals surface area (Å²) in [6.45, 7) is 0.586. The smallest absolute Gasteiger partial charge is 0.287 e. The fourth-order valence-electron chi connectivity index (χ4n) is 4.15. The Labute approximate surface area is 200 Å². The summed E-state index contributed by atoms with van der Waals surface area (Å²) in [6.07, 6.45) is 3.65. The van der Waals surface area contributed by atoms with Crippen molar-refractivity contribution in [2.45, 2.75) is 12.5 Å². The van der Waals surface area contributed by atoms with E-state index >= 15 is 0 Å². The van der Waals surface area contributed by atoms with Crippen LogP contribution < -0.4 is 10.9 Å². The van der Waals surface area contributed by atoms with E-state index < -0.39 is 0 Å². The van der Waals surface area contributed by atoms with Crippen LogP contribution >= 0.6 is 11.6 Å². The molecule has 0 fully saturated rings. The number of hydrogen-bond donors (Lipinski definition) is 2. The number of carbonyl (C=O) groups excluding carboxylic acids is 1. The Bertz CT molecular complexity index is 1510. The molecule has 0 saturated carbocycles. The van der Waals surface area contributed by atoms with Crippen molar-refractivity contribution < 1.29 is 9.21 Å². The standard InChI is InChI=1S/C27H22ClN3O3/c28-23-9-3-1-7-19(23)21(22-15-29-24-10-4-2-8-20(22)24)16-30-27(33)25-13-12-18(34-25)17-31-14-6-5-11-26(31)32/h1-15,21,29H,16-17H2,(H,30,33).